The first-order chi connectivity index (χ1) is 9.17. The minimum Gasteiger partial charge on any atom is -0.496 e. The normalized spacial score (nSPS) is 16.4. The van der Waals surface area contributed by atoms with Crippen molar-refractivity contribution in [3.63, 3.8) is 0 Å². The van der Waals surface area contributed by atoms with Crippen LogP contribution in [0.1, 0.15) is 12.0 Å². The summed E-state index contributed by atoms with van der Waals surface area (Å²) in [6, 6.07) is 7.77. The Labute approximate surface area is 113 Å². The van der Waals surface area contributed by atoms with E-state index >= 15 is 0 Å². The second kappa shape index (κ2) is 5.89. The standard InChI is InChI=1S/C15H19NO3/c1-16-9-8-12(15(17)19-3)13(10-16)11-6-4-5-7-14(11)18-2/h4-7H,8-10H2,1-3H3. The van der Waals surface area contributed by atoms with Crippen molar-refractivity contribution in [3.05, 3.63) is 35.4 Å². The van der Waals surface area contributed by atoms with Gasteiger partial charge in [-0.15, -0.1) is 0 Å². The Bertz CT molecular complexity index is 508. The molecule has 0 radical (unpaired) electrons. The third kappa shape index (κ3) is 2.79. The second-order valence-electron chi connectivity index (χ2n) is 4.64. The van der Waals surface area contributed by atoms with Crippen molar-refractivity contribution in [1.82, 2.24) is 4.90 Å². The number of rotatable bonds is 3. The molecule has 4 heteroatoms. The van der Waals surface area contributed by atoms with Gasteiger partial charge in [0.1, 0.15) is 5.75 Å². The molecule has 1 aliphatic heterocycles. The van der Waals surface area contributed by atoms with Crippen LogP contribution in [0, 0.1) is 0 Å². The summed E-state index contributed by atoms with van der Waals surface area (Å²) in [5.74, 6) is 0.545. The third-order valence-corrected chi connectivity index (χ3v) is 3.40. The molecule has 0 spiro atoms. The molecule has 1 aromatic carbocycles. The monoisotopic (exact) mass is 261 g/mol. The average molecular weight is 261 g/mol. The van der Waals surface area contributed by atoms with Gasteiger partial charge >= 0.3 is 5.97 Å². The summed E-state index contributed by atoms with van der Waals surface area (Å²) in [5.41, 5.74) is 2.72. The van der Waals surface area contributed by atoms with Crippen LogP contribution in [0.4, 0.5) is 0 Å². The number of benzene rings is 1. The van der Waals surface area contributed by atoms with E-state index in [1.165, 1.54) is 7.11 Å². The lowest BCUT2D eigenvalue weighted by atomic mass is 9.93. The second-order valence-corrected chi connectivity index (χ2v) is 4.64. The van der Waals surface area contributed by atoms with Gasteiger partial charge < -0.3 is 14.4 Å². The van der Waals surface area contributed by atoms with Gasteiger partial charge in [0.15, 0.2) is 0 Å². The van der Waals surface area contributed by atoms with Gasteiger partial charge in [0.2, 0.25) is 0 Å². The first kappa shape index (κ1) is 13.6. The third-order valence-electron chi connectivity index (χ3n) is 3.40. The number of carbonyl (C=O) groups excluding carboxylic acids is 1. The molecule has 0 saturated heterocycles. The van der Waals surface area contributed by atoms with Gasteiger partial charge in [0.05, 0.1) is 14.2 Å². The number of methoxy groups -OCH3 is 2. The number of para-hydroxylation sites is 1. The van der Waals surface area contributed by atoms with E-state index in [2.05, 4.69) is 4.90 Å². The van der Waals surface area contributed by atoms with Gasteiger partial charge in [-0.05, 0) is 25.1 Å². The molecule has 2 rings (SSSR count). The predicted octanol–water partition coefficient (Wildman–Crippen LogP) is 1.96. The highest BCUT2D eigenvalue weighted by molar-refractivity contribution is 5.99. The Morgan fingerprint density at radius 1 is 1.26 bits per heavy atom. The summed E-state index contributed by atoms with van der Waals surface area (Å²) in [5, 5.41) is 0. The van der Waals surface area contributed by atoms with Crippen LogP contribution in [-0.2, 0) is 9.53 Å². The van der Waals surface area contributed by atoms with Crippen LogP contribution in [0.3, 0.4) is 0 Å². The zero-order valence-corrected chi connectivity index (χ0v) is 11.6. The van der Waals surface area contributed by atoms with Crippen molar-refractivity contribution in [2.75, 3.05) is 34.4 Å². The van der Waals surface area contributed by atoms with Crippen LogP contribution in [0.2, 0.25) is 0 Å². The van der Waals surface area contributed by atoms with Gasteiger partial charge in [-0.2, -0.15) is 0 Å². The summed E-state index contributed by atoms with van der Waals surface area (Å²) in [7, 11) is 5.11. The van der Waals surface area contributed by atoms with Crippen molar-refractivity contribution in [1.29, 1.82) is 0 Å². The summed E-state index contributed by atoms with van der Waals surface area (Å²) in [6.07, 6.45) is 0.705. The van der Waals surface area contributed by atoms with Crippen LogP contribution in [0.15, 0.2) is 29.8 Å². The first-order valence-electron chi connectivity index (χ1n) is 6.29. The zero-order valence-electron chi connectivity index (χ0n) is 11.6. The SMILES string of the molecule is COC(=O)C1=C(c2ccccc2OC)CN(C)CC1. The fourth-order valence-electron chi connectivity index (χ4n) is 2.39. The molecule has 1 heterocycles. The summed E-state index contributed by atoms with van der Waals surface area (Å²) in [6.45, 7) is 1.59. The van der Waals surface area contributed by atoms with Crippen LogP contribution in [-0.4, -0.2) is 45.2 Å². The molecule has 0 amide bonds. The van der Waals surface area contributed by atoms with Crippen molar-refractivity contribution in [3.8, 4) is 5.75 Å². The number of likely N-dealkylation sites (N-methyl/N-ethyl adjacent to an activating group) is 1. The topological polar surface area (TPSA) is 38.8 Å². The Balaban J connectivity index is 2.52. The molecule has 19 heavy (non-hydrogen) atoms. The molecule has 0 saturated carbocycles. The van der Waals surface area contributed by atoms with E-state index in [9.17, 15) is 4.79 Å². The number of carbonyl (C=O) groups is 1. The van der Waals surface area contributed by atoms with E-state index in [0.29, 0.717) is 6.42 Å². The van der Waals surface area contributed by atoms with Crippen LogP contribution >= 0.6 is 0 Å². The van der Waals surface area contributed by atoms with Crippen LogP contribution in [0.25, 0.3) is 5.57 Å². The Kier molecular flexibility index (Phi) is 4.22. The quantitative estimate of drug-likeness (QED) is 0.780. The van der Waals surface area contributed by atoms with Crippen LogP contribution in [0.5, 0.6) is 5.75 Å². The Morgan fingerprint density at radius 3 is 2.68 bits per heavy atom. The minimum absolute atomic E-state index is 0.242. The summed E-state index contributed by atoms with van der Waals surface area (Å²) >= 11 is 0. The highest BCUT2D eigenvalue weighted by atomic mass is 16.5. The van der Waals surface area contributed by atoms with E-state index in [1.807, 2.05) is 31.3 Å². The predicted molar refractivity (Wildman–Crippen MR) is 74.0 cm³/mol. The highest BCUT2D eigenvalue weighted by Crippen LogP contribution is 2.32. The number of hydrogen-bond acceptors (Lipinski definition) is 4. The maximum absolute atomic E-state index is 11.9. The molecule has 0 aliphatic carbocycles. The summed E-state index contributed by atoms with van der Waals surface area (Å²) in [4.78, 5) is 14.1. The van der Waals surface area contributed by atoms with E-state index in [4.69, 9.17) is 9.47 Å². The fraction of sp³-hybridized carbons (Fsp3) is 0.400. The van der Waals surface area contributed by atoms with Crippen molar-refractivity contribution in [2.24, 2.45) is 0 Å². The molecule has 0 aromatic heterocycles. The molecule has 1 aliphatic rings. The number of nitrogens with zero attached hydrogens (tertiary/aromatic N) is 1. The fourth-order valence-corrected chi connectivity index (χ4v) is 2.39. The van der Waals surface area contributed by atoms with Gasteiger partial charge in [0.25, 0.3) is 0 Å². The largest absolute Gasteiger partial charge is 0.496 e. The molecular formula is C15H19NO3. The van der Waals surface area contributed by atoms with E-state index in [-0.39, 0.29) is 5.97 Å². The van der Waals surface area contributed by atoms with Crippen molar-refractivity contribution >= 4 is 11.5 Å². The lowest BCUT2D eigenvalue weighted by Gasteiger charge is -2.27. The molecule has 0 N–H and O–H groups in total. The Morgan fingerprint density at radius 2 is 2.00 bits per heavy atom. The summed E-state index contributed by atoms with van der Waals surface area (Å²) < 4.78 is 10.3. The number of ether oxygens (including phenoxy) is 2. The number of esters is 1. The maximum Gasteiger partial charge on any atom is 0.334 e. The molecule has 102 valence electrons. The lowest BCUT2D eigenvalue weighted by molar-refractivity contribution is -0.136. The van der Waals surface area contributed by atoms with E-state index in [0.717, 1.165) is 35.5 Å². The van der Waals surface area contributed by atoms with E-state index < -0.39 is 0 Å². The number of hydrogen-bond donors (Lipinski definition) is 0. The average Bonchev–Trinajstić information content (AvgIpc) is 2.46. The smallest absolute Gasteiger partial charge is 0.334 e. The van der Waals surface area contributed by atoms with E-state index in [1.54, 1.807) is 7.11 Å². The van der Waals surface area contributed by atoms with Crippen LogP contribution < -0.4 is 4.74 Å². The van der Waals surface area contributed by atoms with Crippen molar-refractivity contribution in [2.45, 2.75) is 6.42 Å². The minimum atomic E-state index is -0.242. The molecule has 0 fully saturated rings. The molecule has 4 nitrogen and oxygen atoms in total. The van der Waals surface area contributed by atoms with Gasteiger partial charge in [-0.1, -0.05) is 18.2 Å². The van der Waals surface area contributed by atoms with Crippen molar-refractivity contribution < 1.29 is 14.3 Å². The molecule has 1 aromatic rings. The highest BCUT2D eigenvalue weighted by Gasteiger charge is 2.24. The Hall–Kier alpha value is -1.81. The zero-order chi connectivity index (χ0) is 13.8. The van der Waals surface area contributed by atoms with Gasteiger partial charge in [-0.25, -0.2) is 4.79 Å². The lowest BCUT2D eigenvalue weighted by Crippen LogP contribution is -2.30. The molecule has 0 unspecified atom stereocenters. The van der Waals surface area contributed by atoms with Gasteiger partial charge in [-0.3, -0.25) is 0 Å². The van der Waals surface area contributed by atoms with Gasteiger partial charge in [0, 0.05) is 24.2 Å². The first-order valence-corrected chi connectivity index (χ1v) is 6.29. The molecule has 0 atom stereocenters. The molecule has 0 bridgehead atoms. The molecular weight excluding hydrogens is 242 g/mol. The maximum atomic E-state index is 11.9.